The molecule has 0 saturated carbocycles. The molecule has 0 aliphatic rings. The first kappa shape index (κ1) is 14.2. The average Bonchev–Trinajstić information content (AvgIpc) is 3.18. The first-order chi connectivity index (χ1) is 10.7. The standard InChI is InChI=1S/C14H12ClN5O2/c15-9-3-5-10(6-4-9)17-13-12(18-20-19-13)14(21)16-8-11-2-1-7-22-11/h1-7H,8H2,(H,16,21)(H2,17,18,19,20). The number of aromatic nitrogens is 3. The van der Waals surface area contributed by atoms with Crippen LogP contribution >= 0.6 is 11.6 Å². The highest BCUT2D eigenvalue weighted by Crippen LogP contribution is 2.19. The maximum Gasteiger partial charge on any atom is 0.276 e. The fourth-order valence-corrected chi connectivity index (χ4v) is 1.94. The lowest BCUT2D eigenvalue weighted by atomic mass is 10.3. The van der Waals surface area contributed by atoms with Crippen molar-refractivity contribution in [2.45, 2.75) is 6.54 Å². The number of nitrogens with one attached hydrogen (secondary N) is 3. The summed E-state index contributed by atoms with van der Waals surface area (Å²) in [6, 6.07) is 10.6. The lowest BCUT2D eigenvalue weighted by Crippen LogP contribution is -2.23. The summed E-state index contributed by atoms with van der Waals surface area (Å²) in [7, 11) is 0. The number of amides is 1. The topological polar surface area (TPSA) is 95.8 Å². The predicted octanol–water partition coefficient (Wildman–Crippen LogP) is 2.72. The number of aromatic amines is 1. The predicted molar refractivity (Wildman–Crippen MR) is 81.0 cm³/mol. The van der Waals surface area contributed by atoms with Crippen LogP contribution in [-0.4, -0.2) is 21.3 Å². The number of rotatable bonds is 5. The van der Waals surface area contributed by atoms with Crippen molar-refractivity contribution in [2.24, 2.45) is 0 Å². The van der Waals surface area contributed by atoms with E-state index in [2.05, 4.69) is 26.0 Å². The Labute approximate surface area is 130 Å². The summed E-state index contributed by atoms with van der Waals surface area (Å²) in [5.74, 6) is 0.630. The van der Waals surface area contributed by atoms with Gasteiger partial charge >= 0.3 is 0 Å². The van der Waals surface area contributed by atoms with Crippen molar-refractivity contribution in [3.05, 3.63) is 59.1 Å². The van der Waals surface area contributed by atoms with Gasteiger partial charge in [0.1, 0.15) is 5.76 Å². The number of nitrogens with zero attached hydrogens (tertiary/aromatic N) is 2. The minimum atomic E-state index is -0.360. The number of furan rings is 1. The molecule has 0 saturated heterocycles. The van der Waals surface area contributed by atoms with Crippen LogP contribution in [0.4, 0.5) is 11.5 Å². The number of carbonyl (C=O) groups excluding carboxylic acids is 1. The van der Waals surface area contributed by atoms with E-state index < -0.39 is 0 Å². The summed E-state index contributed by atoms with van der Waals surface area (Å²) in [6.45, 7) is 0.277. The Balaban J connectivity index is 1.68. The average molecular weight is 318 g/mol. The molecule has 3 rings (SSSR count). The minimum absolute atomic E-state index is 0.168. The van der Waals surface area contributed by atoms with E-state index in [0.29, 0.717) is 16.6 Å². The molecule has 0 fully saturated rings. The molecule has 1 amide bonds. The third kappa shape index (κ3) is 3.26. The van der Waals surface area contributed by atoms with Gasteiger partial charge < -0.3 is 15.1 Å². The SMILES string of the molecule is O=C(NCc1ccco1)c1n[nH]nc1Nc1ccc(Cl)cc1. The van der Waals surface area contributed by atoms with Crippen LogP contribution in [0.15, 0.2) is 47.1 Å². The number of anilines is 2. The summed E-state index contributed by atoms with van der Waals surface area (Å²) >= 11 is 5.83. The zero-order chi connectivity index (χ0) is 15.4. The second-order valence-corrected chi connectivity index (χ2v) is 4.85. The van der Waals surface area contributed by atoms with Crippen LogP contribution < -0.4 is 10.6 Å². The normalized spacial score (nSPS) is 10.4. The first-order valence-corrected chi connectivity index (χ1v) is 6.84. The van der Waals surface area contributed by atoms with Crippen molar-refractivity contribution in [1.82, 2.24) is 20.7 Å². The number of hydrogen-bond acceptors (Lipinski definition) is 5. The number of benzene rings is 1. The highest BCUT2D eigenvalue weighted by atomic mass is 35.5. The number of carbonyl (C=O) groups is 1. The van der Waals surface area contributed by atoms with Gasteiger partial charge in [0.15, 0.2) is 11.5 Å². The molecule has 3 aromatic rings. The second kappa shape index (κ2) is 6.31. The fraction of sp³-hybridized carbons (Fsp3) is 0.0714. The molecule has 0 bridgehead atoms. The van der Waals surface area contributed by atoms with Gasteiger partial charge in [0.05, 0.1) is 12.8 Å². The van der Waals surface area contributed by atoms with Crippen molar-refractivity contribution in [3.8, 4) is 0 Å². The lowest BCUT2D eigenvalue weighted by Gasteiger charge is -2.05. The first-order valence-electron chi connectivity index (χ1n) is 6.46. The van der Waals surface area contributed by atoms with Crippen molar-refractivity contribution < 1.29 is 9.21 Å². The van der Waals surface area contributed by atoms with E-state index in [0.717, 1.165) is 5.69 Å². The summed E-state index contributed by atoms with van der Waals surface area (Å²) in [4.78, 5) is 12.1. The minimum Gasteiger partial charge on any atom is -0.467 e. The molecule has 0 spiro atoms. The molecule has 22 heavy (non-hydrogen) atoms. The Bertz CT molecular complexity index is 752. The molecule has 0 radical (unpaired) electrons. The largest absolute Gasteiger partial charge is 0.467 e. The summed E-state index contributed by atoms with van der Waals surface area (Å²) < 4.78 is 5.15. The van der Waals surface area contributed by atoms with Gasteiger partial charge in [0.2, 0.25) is 0 Å². The van der Waals surface area contributed by atoms with Gasteiger partial charge in [0.25, 0.3) is 5.91 Å². The molecular weight excluding hydrogens is 306 g/mol. The molecule has 8 heteroatoms. The van der Waals surface area contributed by atoms with Gasteiger partial charge in [-0.15, -0.1) is 10.2 Å². The molecule has 2 heterocycles. The zero-order valence-corrected chi connectivity index (χ0v) is 12.1. The van der Waals surface area contributed by atoms with Crippen LogP contribution in [0.25, 0.3) is 0 Å². The molecule has 7 nitrogen and oxygen atoms in total. The summed E-state index contributed by atoms with van der Waals surface area (Å²) in [6.07, 6.45) is 1.55. The van der Waals surface area contributed by atoms with E-state index in [1.165, 1.54) is 0 Å². The summed E-state index contributed by atoms with van der Waals surface area (Å²) in [5.41, 5.74) is 0.917. The van der Waals surface area contributed by atoms with Crippen LogP contribution in [0.5, 0.6) is 0 Å². The van der Waals surface area contributed by atoms with Gasteiger partial charge in [-0.1, -0.05) is 11.6 Å². The Morgan fingerprint density at radius 1 is 1.23 bits per heavy atom. The van der Waals surface area contributed by atoms with Crippen molar-refractivity contribution in [2.75, 3.05) is 5.32 Å². The number of H-pyrrole nitrogens is 1. The van der Waals surface area contributed by atoms with Gasteiger partial charge in [0, 0.05) is 10.7 Å². The van der Waals surface area contributed by atoms with Gasteiger partial charge in [-0.25, -0.2) is 0 Å². The number of hydrogen-bond donors (Lipinski definition) is 3. The monoisotopic (exact) mass is 317 g/mol. The molecule has 1 aromatic carbocycles. The Morgan fingerprint density at radius 2 is 2.05 bits per heavy atom. The van der Waals surface area contributed by atoms with Crippen LogP contribution in [0, 0.1) is 0 Å². The number of halogens is 1. The Hall–Kier alpha value is -2.80. The van der Waals surface area contributed by atoms with E-state index in [-0.39, 0.29) is 18.1 Å². The second-order valence-electron chi connectivity index (χ2n) is 4.41. The highest BCUT2D eigenvalue weighted by Gasteiger charge is 2.16. The quantitative estimate of drug-likeness (QED) is 0.672. The molecule has 2 aromatic heterocycles. The van der Waals surface area contributed by atoms with Gasteiger partial charge in [-0.2, -0.15) is 5.21 Å². The van der Waals surface area contributed by atoms with Gasteiger partial charge in [-0.05, 0) is 36.4 Å². The Kier molecular flexibility index (Phi) is 4.06. The molecule has 0 atom stereocenters. The third-order valence-electron chi connectivity index (χ3n) is 2.87. The maximum atomic E-state index is 12.1. The van der Waals surface area contributed by atoms with Crippen LogP contribution in [0.2, 0.25) is 5.02 Å². The van der Waals surface area contributed by atoms with E-state index >= 15 is 0 Å². The Morgan fingerprint density at radius 3 is 2.77 bits per heavy atom. The van der Waals surface area contributed by atoms with Crippen LogP contribution in [-0.2, 0) is 6.54 Å². The highest BCUT2D eigenvalue weighted by molar-refractivity contribution is 6.30. The van der Waals surface area contributed by atoms with Crippen molar-refractivity contribution in [1.29, 1.82) is 0 Å². The van der Waals surface area contributed by atoms with Crippen molar-refractivity contribution >= 4 is 29.0 Å². The van der Waals surface area contributed by atoms with Crippen LogP contribution in [0.1, 0.15) is 16.2 Å². The molecular formula is C14H12ClN5O2. The molecule has 0 unspecified atom stereocenters. The zero-order valence-electron chi connectivity index (χ0n) is 11.3. The van der Waals surface area contributed by atoms with E-state index in [9.17, 15) is 4.79 Å². The van der Waals surface area contributed by atoms with E-state index in [1.807, 2.05) is 0 Å². The van der Waals surface area contributed by atoms with Crippen LogP contribution in [0.3, 0.4) is 0 Å². The third-order valence-corrected chi connectivity index (χ3v) is 3.13. The van der Waals surface area contributed by atoms with E-state index in [1.54, 1.807) is 42.7 Å². The molecule has 0 aliphatic heterocycles. The van der Waals surface area contributed by atoms with Gasteiger partial charge in [-0.3, -0.25) is 4.79 Å². The lowest BCUT2D eigenvalue weighted by molar-refractivity contribution is 0.0944. The fourth-order valence-electron chi connectivity index (χ4n) is 1.81. The summed E-state index contributed by atoms with van der Waals surface area (Å²) in [5, 5.41) is 16.6. The van der Waals surface area contributed by atoms with Crippen molar-refractivity contribution in [3.63, 3.8) is 0 Å². The molecule has 0 aliphatic carbocycles. The maximum absolute atomic E-state index is 12.1. The smallest absolute Gasteiger partial charge is 0.276 e. The molecule has 3 N–H and O–H groups in total. The van der Waals surface area contributed by atoms with E-state index in [4.69, 9.17) is 16.0 Å². The molecule has 112 valence electrons.